The number of amides is 2. The van der Waals surface area contributed by atoms with E-state index in [1.807, 2.05) is 0 Å². The predicted molar refractivity (Wildman–Crippen MR) is 139 cm³/mol. The lowest BCUT2D eigenvalue weighted by atomic mass is 9.91. The van der Waals surface area contributed by atoms with Crippen LogP contribution in [0, 0.1) is 0 Å². The third-order valence-corrected chi connectivity index (χ3v) is 7.42. The smallest absolute Gasteiger partial charge is 0.290 e. The average molecular weight is 538 g/mol. The Morgan fingerprint density at radius 3 is 2.59 bits per heavy atom. The van der Waals surface area contributed by atoms with Crippen LogP contribution < -0.4 is 16.0 Å². The molecule has 7 nitrogen and oxygen atoms in total. The largest absolute Gasteiger partial charge is 0.351 e. The van der Waals surface area contributed by atoms with Crippen molar-refractivity contribution in [1.82, 2.24) is 20.6 Å². The second-order valence-corrected chi connectivity index (χ2v) is 10.5. The fourth-order valence-electron chi connectivity index (χ4n) is 4.34. The highest BCUT2D eigenvalue weighted by atomic mass is 79.9. The molecule has 2 aromatic carbocycles. The van der Waals surface area contributed by atoms with Crippen molar-refractivity contribution in [2.24, 2.45) is 0 Å². The molecule has 0 radical (unpaired) electrons. The molecular formula is C25H24BrN5O2S. The van der Waals surface area contributed by atoms with E-state index in [4.69, 9.17) is 0 Å². The van der Waals surface area contributed by atoms with Crippen LogP contribution in [0.5, 0.6) is 0 Å². The quantitative estimate of drug-likeness (QED) is 0.370. The maximum absolute atomic E-state index is 11.7. The van der Waals surface area contributed by atoms with Gasteiger partial charge in [0, 0.05) is 29.3 Å². The molecule has 174 valence electrons. The predicted octanol–water partition coefficient (Wildman–Crippen LogP) is 5.23. The van der Waals surface area contributed by atoms with Crippen molar-refractivity contribution in [3.8, 4) is 0 Å². The fraction of sp³-hybridized carbons (Fsp3) is 0.280. The fourth-order valence-corrected chi connectivity index (χ4v) is 5.39. The summed E-state index contributed by atoms with van der Waals surface area (Å²) in [6, 6.07) is 15.5. The van der Waals surface area contributed by atoms with Gasteiger partial charge in [-0.05, 0) is 84.1 Å². The van der Waals surface area contributed by atoms with Crippen LogP contribution in [0.3, 0.4) is 0 Å². The molecule has 2 heterocycles. The highest BCUT2D eigenvalue weighted by Gasteiger charge is 2.25. The van der Waals surface area contributed by atoms with Crippen molar-refractivity contribution in [3.63, 3.8) is 0 Å². The van der Waals surface area contributed by atoms with E-state index < -0.39 is 0 Å². The molecule has 5 rings (SSSR count). The zero-order chi connectivity index (χ0) is 23.5. The molecule has 3 N–H and O–H groups in total. The van der Waals surface area contributed by atoms with Gasteiger partial charge in [-0.2, -0.15) is 0 Å². The third kappa shape index (κ3) is 5.65. The van der Waals surface area contributed by atoms with Gasteiger partial charge in [0.25, 0.3) is 11.1 Å². The molecule has 1 saturated heterocycles. The van der Waals surface area contributed by atoms with Gasteiger partial charge in [-0.15, -0.1) is 0 Å². The number of imide groups is 1. The molecule has 1 aromatic heterocycles. The van der Waals surface area contributed by atoms with Gasteiger partial charge in [-0.1, -0.05) is 34.1 Å². The van der Waals surface area contributed by atoms with E-state index in [9.17, 15) is 9.59 Å². The van der Waals surface area contributed by atoms with E-state index in [0.717, 1.165) is 48.5 Å². The third-order valence-electron chi connectivity index (χ3n) is 6.12. The van der Waals surface area contributed by atoms with Gasteiger partial charge in [-0.3, -0.25) is 14.9 Å². The number of carbonyl (C=O) groups is 2. The normalized spacial score (nSPS) is 21.7. The van der Waals surface area contributed by atoms with Gasteiger partial charge in [-0.25, -0.2) is 9.97 Å². The van der Waals surface area contributed by atoms with Crippen molar-refractivity contribution >= 4 is 61.6 Å². The molecule has 0 spiro atoms. The number of rotatable bonds is 6. The highest BCUT2D eigenvalue weighted by Crippen LogP contribution is 2.26. The summed E-state index contributed by atoms with van der Waals surface area (Å²) >= 11 is 4.42. The van der Waals surface area contributed by atoms with Crippen LogP contribution in [-0.2, 0) is 11.3 Å². The molecule has 3 aromatic rings. The first-order chi connectivity index (χ1) is 16.5. The molecule has 9 heteroatoms. The van der Waals surface area contributed by atoms with Crippen molar-refractivity contribution < 1.29 is 9.59 Å². The van der Waals surface area contributed by atoms with E-state index in [1.54, 1.807) is 18.3 Å². The molecule has 1 aliphatic heterocycles. The molecule has 2 amide bonds. The van der Waals surface area contributed by atoms with Crippen LogP contribution in [0.2, 0.25) is 0 Å². The van der Waals surface area contributed by atoms with Gasteiger partial charge < -0.3 is 10.6 Å². The SMILES string of the molecule is O=C1NC(=O)/C(=C/c2ccnc(NC3CCC(NCc4ccc5cc(Br)ccc5c4)CC3)n2)S1. The van der Waals surface area contributed by atoms with Crippen LogP contribution in [0.1, 0.15) is 36.9 Å². The second-order valence-electron chi connectivity index (χ2n) is 8.56. The maximum Gasteiger partial charge on any atom is 0.290 e. The number of aromatic nitrogens is 2. The molecular weight excluding hydrogens is 514 g/mol. The molecule has 0 bridgehead atoms. The van der Waals surface area contributed by atoms with Crippen LogP contribution in [-0.4, -0.2) is 33.2 Å². The van der Waals surface area contributed by atoms with Gasteiger partial charge >= 0.3 is 0 Å². The number of hydrogen-bond acceptors (Lipinski definition) is 7. The molecule has 34 heavy (non-hydrogen) atoms. The number of nitrogens with zero attached hydrogens (tertiary/aromatic N) is 2. The van der Waals surface area contributed by atoms with Crippen molar-refractivity contribution in [2.75, 3.05) is 5.32 Å². The van der Waals surface area contributed by atoms with E-state index in [0.29, 0.717) is 28.6 Å². The zero-order valence-electron chi connectivity index (χ0n) is 18.4. The van der Waals surface area contributed by atoms with Crippen LogP contribution in [0.25, 0.3) is 16.8 Å². The summed E-state index contributed by atoms with van der Waals surface area (Å²) in [5.74, 6) is 0.161. The topological polar surface area (TPSA) is 96.0 Å². The highest BCUT2D eigenvalue weighted by molar-refractivity contribution is 9.10. The minimum Gasteiger partial charge on any atom is -0.351 e. The minimum absolute atomic E-state index is 0.311. The Hall–Kier alpha value is -2.75. The Labute approximate surface area is 210 Å². The number of nitrogens with one attached hydrogen (secondary N) is 3. The Balaban J connectivity index is 1.12. The molecule has 2 aliphatic rings. The molecule has 1 saturated carbocycles. The Kier molecular flexibility index (Phi) is 6.94. The first-order valence-corrected chi connectivity index (χ1v) is 12.9. The van der Waals surface area contributed by atoms with Crippen molar-refractivity contribution in [1.29, 1.82) is 0 Å². The Morgan fingerprint density at radius 1 is 1.03 bits per heavy atom. The van der Waals surface area contributed by atoms with Gasteiger partial charge in [0.2, 0.25) is 5.95 Å². The Morgan fingerprint density at radius 2 is 1.79 bits per heavy atom. The summed E-state index contributed by atoms with van der Waals surface area (Å²) in [5.41, 5.74) is 1.90. The summed E-state index contributed by atoms with van der Waals surface area (Å²) < 4.78 is 1.10. The monoisotopic (exact) mass is 537 g/mol. The zero-order valence-corrected chi connectivity index (χ0v) is 20.8. The number of carbonyl (C=O) groups excluding carboxylic acids is 2. The number of anilines is 1. The van der Waals surface area contributed by atoms with E-state index in [2.05, 4.69) is 78.2 Å². The van der Waals surface area contributed by atoms with Gasteiger partial charge in [0.15, 0.2) is 0 Å². The summed E-state index contributed by atoms with van der Waals surface area (Å²) in [6.07, 6.45) is 7.51. The van der Waals surface area contributed by atoms with Gasteiger partial charge in [0.1, 0.15) is 0 Å². The first kappa shape index (κ1) is 23.0. The van der Waals surface area contributed by atoms with E-state index in [1.165, 1.54) is 16.3 Å². The summed E-state index contributed by atoms with van der Waals surface area (Å²) in [7, 11) is 0. The summed E-state index contributed by atoms with van der Waals surface area (Å²) in [6.45, 7) is 0.864. The van der Waals surface area contributed by atoms with Crippen LogP contribution >= 0.6 is 27.7 Å². The number of halogens is 1. The van der Waals surface area contributed by atoms with E-state index in [-0.39, 0.29) is 11.1 Å². The first-order valence-electron chi connectivity index (χ1n) is 11.3. The number of thioether (sulfide) groups is 1. The number of hydrogen-bond donors (Lipinski definition) is 3. The van der Waals surface area contributed by atoms with E-state index >= 15 is 0 Å². The lowest BCUT2D eigenvalue weighted by Crippen LogP contribution is -2.36. The molecule has 0 atom stereocenters. The average Bonchev–Trinajstić information content (AvgIpc) is 3.15. The summed E-state index contributed by atoms with van der Waals surface area (Å²) in [5, 5.41) is 11.5. The standard InChI is InChI=1S/C25H24BrN5O2S/c26-18-4-3-16-11-15(1-2-17(16)12-18)14-28-19-5-7-20(8-6-19)29-24-27-10-9-21(30-24)13-22-23(32)31-25(33)34-22/h1-4,9-13,19-20,28H,5-8,14H2,(H,27,29,30)(H,31,32,33)/b22-13-. The number of benzene rings is 2. The molecule has 1 aliphatic carbocycles. The lowest BCUT2D eigenvalue weighted by Gasteiger charge is -2.30. The summed E-state index contributed by atoms with van der Waals surface area (Å²) in [4.78, 5) is 32.3. The maximum atomic E-state index is 11.7. The van der Waals surface area contributed by atoms with Crippen molar-refractivity contribution in [2.45, 2.75) is 44.3 Å². The van der Waals surface area contributed by atoms with Crippen LogP contribution in [0.15, 0.2) is 58.0 Å². The van der Waals surface area contributed by atoms with Crippen LogP contribution in [0.4, 0.5) is 10.7 Å². The molecule has 0 unspecified atom stereocenters. The molecule has 2 fully saturated rings. The Bertz CT molecular complexity index is 1270. The second kappa shape index (κ2) is 10.2. The lowest BCUT2D eigenvalue weighted by molar-refractivity contribution is -0.115. The van der Waals surface area contributed by atoms with Crippen molar-refractivity contribution in [3.05, 3.63) is 69.3 Å². The van der Waals surface area contributed by atoms with Gasteiger partial charge in [0.05, 0.1) is 10.6 Å². The minimum atomic E-state index is -0.384. The number of fused-ring (bicyclic) bond motifs is 1.